The second-order valence-electron chi connectivity index (χ2n) is 6.86. The minimum Gasteiger partial charge on any atom is -0.507 e. The van der Waals surface area contributed by atoms with Crippen molar-refractivity contribution in [2.75, 3.05) is 37.7 Å². The van der Waals surface area contributed by atoms with Gasteiger partial charge in [0.25, 0.3) is 0 Å². The van der Waals surface area contributed by atoms with Gasteiger partial charge in [-0.25, -0.2) is 4.79 Å². The van der Waals surface area contributed by atoms with Gasteiger partial charge < -0.3 is 19.6 Å². The number of anilines is 1. The van der Waals surface area contributed by atoms with E-state index in [9.17, 15) is 9.90 Å². The molecule has 3 rings (SSSR count). The number of benzene rings is 1. The van der Waals surface area contributed by atoms with Crippen LogP contribution in [0.25, 0.3) is 11.3 Å². The first kappa shape index (κ1) is 18.0. The van der Waals surface area contributed by atoms with Gasteiger partial charge in [-0.05, 0) is 30.2 Å². The Balaban J connectivity index is 1.64. The van der Waals surface area contributed by atoms with Crippen LogP contribution in [0.3, 0.4) is 0 Å². The number of rotatable bonds is 4. The van der Waals surface area contributed by atoms with Gasteiger partial charge in [-0.3, -0.25) is 4.98 Å². The van der Waals surface area contributed by atoms with Crippen molar-refractivity contribution < 1.29 is 14.6 Å². The van der Waals surface area contributed by atoms with E-state index in [1.165, 1.54) is 0 Å². The summed E-state index contributed by atoms with van der Waals surface area (Å²) in [5.74, 6) is 0.555. The molecule has 6 nitrogen and oxygen atoms in total. The van der Waals surface area contributed by atoms with Gasteiger partial charge in [0.05, 0.1) is 12.3 Å². The Kier molecular flexibility index (Phi) is 5.61. The molecular weight excluding hydrogens is 330 g/mol. The molecule has 1 N–H and O–H groups in total. The number of phenols is 1. The molecule has 2 aromatic rings. The minimum atomic E-state index is -0.233. The number of amides is 1. The fraction of sp³-hybridized carbons (Fsp3) is 0.400. The van der Waals surface area contributed by atoms with Crippen molar-refractivity contribution >= 4 is 11.8 Å². The van der Waals surface area contributed by atoms with Crippen molar-refractivity contribution in [3.8, 4) is 17.0 Å². The zero-order chi connectivity index (χ0) is 18.5. The van der Waals surface area contributed by atoms with Crippen LogP contribution in [-0.4, -0.2) is 53.9 Å². The molecule has 0 bridgehead atoms. The van der Waals surface area contributed by atoms with Gasteiger partial charge in [0.15, 0.2) is 0 Å². The zero-order valence-electron chi connectivity index (χ0n) is 15.3. The summed E-state index contributed by atoms with van der Waals surface area (Å²) < 4.78 is 5.30. The first-order valence-electron chi connectivity index (χ1n) is 8.95. The number of piperazine rings is 1. The van der Waals surface area contributed by atoms with Gasteiger partial charge >= 0.3 is 6.09 Å². The molecule has 0 spiro atoms. The lowest BCUT2D eigenvalue weighted by atomic mass is 10.1. The maximum atomic E-state index is 12.1. The number of aromatic nitrogens is 1. The maximum Gasteiger partial charge on any atom is 0.409 e. The predicted molar refractivity (Wildman–Crippen MR) is 101 cm³/mol. The summed E-state index contributed by atoms with van der Waals surface area (Å²) in [5, 5.41) is 10.0. The van der Waals surface area contributed by atoms with Crippen molar-refractivity contribution in [2.24, 2.45) is 5.92 Å². The van der Waals surface area contributed by atoms with Gasteiger partial charge in [-0.1, -0.05) is 26.0 Å². The van der Waals surface area contributed by atoms with Crippen LogP contribution in [0.5, 0.6) is 5.75 Å². The Morgan fingerprint density at radius 3 is 2.62 bits per heavy atom. The summed E-state index contributed by atoms with van der Waals surface area (Å²) >= 11 is 0. The predicted octanol–water partition coefficient (Wildman–Crippen LogP) is 3.37. The molecule has 2 heterocycles. The molecule has 1 amide bonds. The van der Waals surface area contributed by atoms with Crippen LogP contribution in [0.4, 0.5) is 10.5 Å². The summed E-state index contributed by atoms with van der Waals surface area (Å²) in [6, 6.07) is 11.1. The number of pyridine rings is 1. The number of carbonyl (C=O) groups excluding carboxylic acids is 1. The van der Waals surface area contributed by atoms with E-state index >= 15 is 0 Å². The molecule has 1 aromatic heterocycles. The number of hydrogen-bond acceptors (Lipinski definition) is 5. The van der Waals surface area contributed by atoms with Crippen molar-refractivity contribution in [1.82, 2.24) is 9.88 Å². The Hall–Kier alpha value is -2.76. The fourth-order valence-electron chi connectivity index (χ4n) is 2.93. The monoisotopic (exact) mass is 355 g/mol. The lowest BCUT2D eigenvalue weighted by molar-refractivity contribution is 0.0901. The lowest BCUT2D eigenvalue weighted by Crippen LogP contribution is -2.49. The normalized spacial score (nSPS) is 14.6. The molecule has 1 aliphatic heterocycles. The second kappa shape index (κ2) is 8.08. The van der Waals surface area contributed by atoms with E-state index in [-0.39, 0.29) is 11.8 Å². The molecule has 1 aromatic carbocycles. The van der Waals surface area contributed by atoms with Gasteiger partial charge in [0.1, 0.15) is 5.75 Å². The summed E-state index contributed by atoms with van der Waals surface area (Å²) in [7, 11) is 0. The standard InChI is InChI=1S/C20H25N3O3/c1-15(2)14-26-20(25)23-11-9-22(10-12-23)16-7-8-21-18(13-16)17-5-3-4-6-19(17)24/h3-8,13,15,24H,9-12,14H2,1-2H3. The van der Waals surface area contributed by atoms with Crippen LogP contribution in [0, 0.1) is 5.92 Å². The third-order valence-corrected chi connectivity index (χ3v) is 4.37. The van der Waals surface area contributed by atoms with E-state index < -0.39 is 0 Å². The van der Waals surface area contributed by atoms with Crippen LogP contribution >= 0.6 is 0 Å². The number of aromatic hydroxyl groups is 1. The molecule has 138 valence electrons. The smallest absolute Gasteiger partial charge is 0.409 e. The molecule has 1 aliphatic rings. The van der Waals surface area contributed by atoms with Crippen molar-refractivity contribution in [3.05, 3.63) is 42.6 Å². The largest absolute Gasteiger partial charge is 0.507 e. The second-order valence-corrected chi connectivity index (χ2v) is 6.86. The van der Waals surface area contributed by atoms with Gasteiger partial charge in [-0.15, -0.1) is 0 Å². The molecule has 0 unspecified atom stereocenters. The summed E-state index contributed by atoms with van der Waals surface area (Å²) in [6.07, 6.45) is 1.52. The number of hydrogen-bond donors (Lipinski definition) is 1. The van der Waals surface area contributed by atoms with Gasteiger partial charge in [0.2, 0.25) is 0 Å². The Bertz CT molecular complexity index is 755. The summed E-state index contributed by atoms with van der Waals surface area (Å²) in [4.78, 5) is 20.4. The number of ether oxygens (including phenoxy) is 1. The van der Waals surface area contributed by atoms with Crippen LogP contribution < -0.4 is 4.90 Å². The molecule has 26 heavy (non-hydrogen) atoms. The highest BCUT2D eigenvalue weighted by atomic mass is 16.6. The van der Waals surface area contributed by atoms with Crippen LogP contribution in [-0.2, 0) is 4.74 Å². The molecule has 0 atom stereocenters. The van der Waals surface area contributed by atoms with Crippen LogP contribution in [0.1, 0.15) is 13.8 Å². The topological polar surface area (TPSA) is 65.9 Å². The first-order valence-corrected chi connectivity index (χ1v) is 8.95. The first-order chi connectivity index (χ1) is 12.5. The Morgan fingerprint density at radius 1 is 1.19 bits per heavy atom. The van der Waals surface area contributed by atoms with Gasteiger partial charge in [0, 0.05) is 43.6 Å². The van der Waals surface area contributed by atoms with E-state index in [1.807, 2.05) is 38.1 Å². The molecular formula is C20H25N3O3. The number of phenolic OH excluding ortho intramolecular Hbond substituents is 1. The number of para-hydroxylation sites is 1. The zero-order valence-corrected chi connectivity index (χ0v) is 15.3. The van der Waals surface area contributed by atoms with Crippen molar-refractivity contribution in [3.63, 3.8) is 0 Å². The molecule has 0 radical (unpaired) electrons. The Labute approximate surface area is 154 Å². The third kappa shape index (κ3) is 4.25. The van der Waals surface area contributed by atoms with E-state index in [1.54, 1.807) is 23.2 Å². The van der Waals surface area contributed by atoms with Crippen molar-refractivity contribution in [2.45, 2.75) is 13.8 Å². The maximum absolute atomic E-state index is 12.1. The quantitative estimate of drug-likeness (QED) is 0.911. The van der Waals surface area contributed by atoms with Crippen LogP contribution in [0.2, 0.25) is 0 Å². The highest BCUT2D eigenvalue weighted by Crippen LogP contribution is 2.29. The average Bonchev–Trinajstić information content (AvgIpc) is 2.66. The molecule has 0 aliphatic carbocycles. The molecule has 6 heteroatoms. The highest BCUT2D eigenvalue weighted by molar-refractivity contribution is 5.70. The number of nitrogens with zero attached hydrogens (tertiary/aromatic N) is 3. The molecule has 1 fully saturated rings. The lowest BCUT2D eigenvalue weighted by Gasteiger charge is -2.35. The van der Waals surface area contributed by atoms with E-state index in [2.05, 4.69) is 9.88 Å². The van der Waals surface area contributed by atoms with E-state index in [4.69, 9.17) is 4.74 Å². The Morgan fingerprint density at radius 2 is 1.92 bits per heavy atom. The molecule has 1 saturated heterocycles. The fourth-order valence-corrected chi connectivity index (χ4v) is 2.93. The van der Waals surface area contributed by atoms with Gasteiger partial charge in [-0.2, -0.15) is 0 Å². The molecule has 0 saturated carbocycles. The van der Waals surface area contributed by atoms with E-state index in [0.29, 0.717) is 31.2 Å². The number of carbonyl (C=O) groups is 1. The average molecular weight is 355 g/mol. The van der Waals surface area contributed by atoms with Crippen molar-refractivity contribution in [1.29, 1.82) is 0 Å². The third-order valence-electron chi connectivity index (χ3n) is 4.37. The van der Waals surface area contributed by atoms with Crippen LogP contribution in [0.15, 0.2) is 42.6 Å². The summed E-state index contributed by atoms with van der Waals surface area (Å²) in [5.41, 5.74) is 2.48. The minimum absolute atomic E-state index is 0.217. The van der Waals surface area contributed by atoms with E-state index in [0.717, 1.165) is 24.5 Å². The summed E-state index contributed by atoms with van der Waals surface area (Å²) in [6.45, 7) is 7.24. The highest BCUT2D eigenvalue weighted by Gasteiger charge is 2.23. The SMILES string of the molecule is CC(C)COC(=O)N1CCN(c2ccnc(-c3ccccc3O)c2)CC1.